The molecule has 2 atom stereocenters. The summed E-state index contributed by atoms with van der Waals surface area (Å²) in [6, 6.07) is 16.1. The number of carbonyl (C=O) groups excluding carboxylic acids is 3. The summed E-state index contributed by atoms with van der Waals surface area (Å²) < 4.78 is 0. The first-order chi connectivity index (χ1) is 18.3. The molecular weight excluding hydrogens is 510 g/mol. The van der Waals surface area contributed by atoms with Crippen LogP contribution < -0.4 is 20.9 Å². The predicted molar refractivity (Wildman–Crippen MR) is 142 cm³/mol. The summed E-state index contributed by atoms with van der Waals surface area (Å²) in [4.78, 5) is 55.0. The first kappa shape index (κ1) is 26.6. The molecule has 2 unspecified atom stereocenters. The number of carboxylic acids is 1. The Labute approximate surface area is 224 Å². The van der Waals surface area contributed by atoms with E-state index in [9.17, 15) is 24.3 Å². The van der Waals surface area contributed by atoms with Gasteiger partial charge in [-0.05, 0) is 41.5 Å². The summed E-state index contributed by atoms with van der Waals surface area (Å²) >= 11 is 6.12. The maximum atomic E-state index is 13.0. The predicted octanol–water partition coefficient (Wildman–Crippen LogP) is 3.74. The van der Waals surface area contributed by atoms with Crippen LogP contribution in [-0.2, 0) is 20.9 Å². The number of urea groups is 1. The van der Waals surface area contributed by atoms with E-state index in [4.69, 9.17) is 11.6 Å². The van der Waals surface area contributed by atoms with Gasteiger partial charge in [0.25, 0.3) is 0 Å². The largest absolute Gasteiger partial charge is 0.481 e. The van der Waals surface area contributed by atoms with Crippen molar-refractivity contribution >= 4 is 46.8 Å². The van der Waals surface area contributed by atoms with Crippen LogP contribution >= 0.6 is 11.6 Å². The minimum absolute atomic E-state index is 0.0192. The van der Waals surface area contributed by atoms with E-state index in [-0.39, 0.29) is 31.8 Å². The number of nitrogens with zero attached hydrogens (tertiary/aromatic N) is 2. The van der Waals surface area contributed by atoms with Crippen LogP contribution in [0.1, 0.15) is 30.0 Å². The van der Waals surface area contributed by atoms with Gasteiger partial charge in [-0.25, -0.2) is 4.79 Å². The van der Waals surface area contributed by atoms with Crippen molar-refractivity contribution in [3.05, 3.63) is 89.2 Å². The number of carboxylic acid groups (broad SMARTS) is 1. The smallest absolute Gasteiger partial charge is 0.319 e. The zero-order chi connectivity index (χ0) is 27.1. The van der Waals surface area contributed by atoms with E-state index in [0.717, 1.165) is 5.56 Å². The van der Waals surface area contributed by atoms with Gasteiger partial charge in [0.2, 0.25) is 11.8 Å². The normalized spacial score (nSPS) is 15.6. The van der Waals surface area contributed by atoms with Crippen molar-refractivity contribution in [1.29, 1.82) is 0 Å². The lowest BCUT2D eigenvalue weighted by Crippen LogP contribution is -2.36. The Morgan fingerprint density at radius 2 is 1.92 bits per heavy atom. The van der Waals surface area contributed by atoms with Crippen molar-refractivity contribution in [3.63, 3.8) is 0 Å². The van der Waals surface area contributed by atoms with E-state index < -0.39 is 29.9 Å². The van der Waals surface area contributed by atoms with Gasteiger partial charge in [-0.15, -0.1) is 0 Å². The molecule has 38 heavy (non-hydrogen) atoms. The van der Waals surface area contributed by atoms with Crippen LogP contribution in [0, 0.1) is 5.92 Å². The molecule has 196 valence electrons. The van der Waals surface area contributed by atoms with Crippen LogP contribution in [0.25, 0.3) is 0 Å². The van der Waals surface area contributed by atoms with Crippen molar-refractivity contribution in [2.75, 3.05) is 16.8 Å². The number of aromatic nitrogens is 1. The summed E-state index contributed by atoms with van der Waals surface area (Å²) in [7, 11) is 0. The van der Waals surface area contributed by atoms with Gasteiger partial charge >= 0.3 is 12.0 Å². The molecule has 0 radical (unpaired) electrons. The molecule has 1 aliphatic heterocycles. The number of aliphatic carboxylic acids is 1. The van der Waals surface area contributed by atoms with Crippen LogP contribution in [-0.4, -0.2) is 40.5 Å². The summed E-state index contributed by atoms with van der Waals surface area (Å²) in [5.74, 6) is -2.39. The molecule has 0 spiro atoms. The molecule has 1 aromatic heterocycles. The van der Waals surface area contributed by atoms with E-state index in [1.807, 2.05) is 12.1 Å². The molecule has 3 aromatic rings. The van der Waals surface area contributed by atoms with Crippen LogP contribution in [0.4, 0.5) is 16.2 Å². The molecule has 11 heteroatoms. The van der Waals surface area contributed by atoms with Gasteiger partial charge in [0.05, 0.1) is 18.4 Å². The van der Waals surface area contributed by atoms with Crippen LogP contribution in [0.15, 0.2) is 73.1 Å². The van der Waals surface area contributed by atoms with Crippen molar-refractivity contribution < 1.29 is 24.3 Å². The number of carbonyl (C=O) groups is 4. The Morgan fingerprint density at radius 3 is 2.66 bits per heavy atom. The fraction of sp³-hybridized carbons (Fsp3) is 0.222. The van der Waals surface area contributed by atoms with Crippen molar-refractivity contribution in [2.45, 2.75) is 25.4 Å². The topological polar surface area (TPSA) is 141 Å². The Morgan fingerprint density at radius 1 is 1.11 bits per heavy atom. The fourth-order valence-corrected chi connectivity index (χ4v) is 4.38. The Balaban J connectivity index is 1.37. The highest BCUT2D eigenvalue weighted by Crippen LogP contribution is 2.28. The molecule has 0 saturated carbocycles. The maximum absolute atomic E-state index is 13.0. The molecule has 2 aromatic carbocycles. The molecule has 2 heterocycles. The van der Waals surface area contributed by atoms with Gasteiger partial charge in [0, 0.05) is 48.3 Å². The number of hydrogen-bond acceptors (Lipinski definition) is 5. The lowest BCUT2D eigenvalue weighted by atomic mass is 10.0. The second-order valence-corrected chi connectivity index (χ2v) is 9.21. The lowest BCUT2D eigenvalue weighted by Gasteiger charge is -2.20. The van der Waals surface area contributed by atoms with Crippen LogP contribution in [0.3, 0.4) is 0 Å². The van der Waals surface area contributed by atoms with Crippen LogP contribution in [0.5, 0.6) is 0 Å². The molecule has 1 saturated heterocycles. The molecule has 4 rings (SSSR count). The molecule has 1 fully saturated rings. The number of benzene rings is 2. The Kier molecular flexibility index (Phi) is 8.55. The van der Waals surface area contributed by atoms with Crippen LogP contribution in [0.2, 0.25) is 5.02 Å². The molecule has 10 nitrogen and oxygen atoms in total. The third-order valence-corrected chi connectivity index (χ3v) is 6.46. The van der Waals surface area contributed by atoms with E-state index >= 15 is 0 Å². The monoisotopic (exact) mass is 535 g/mol. The van der Waals surface area contributed by atoms with Crippen molar-refractivity contribution in [3.8, 4) is 0 Å². The van der Waals surface area contributed by atoms with Gasteiger partial charge in [0.15, 0.2) is 0 Å². The summed E-state index contributed by atoms with van der Waals surface area (Å²) in [6.07, 6.45) is 2.73. The minimum atomic E-state index is -1.07. The second kappa shape index (κ2) is 12.2. The number of halogens is 1. The minimum Gasteiger partial charge on any atom is -0.481 e. The number of nitrogens with one attached hydrogen (secondary N) is 3. The first-order valence-electron chi connectivity index (χ1n) is 11.9. The van der Waals surface area contributed by atoms with E-state index in [1.165, 1.54) is 11.1 Å². The van der Waals surface area contributed by atoms with Gasteiger partial charge in [-0.3, -0.25) is 19.4 Å². The summed E-state index contributed by atoms with van der Waals surface area (Å²) in [5.41, 5.74) is 2.34. The van der Waals surface area contributed by atoms with Gasteiger partial charge in [-0.2, -0.15) is 0 Å². The molecule has 1 aliphatic rings. The highest BCUT2D eigenvalue weighted by atomic mass is 35.5. The molecule has 4 N–H and O–H groups in total. The molecular formula is C27H26ClN5O5. The average molecular weight is 536 g/mol. The highest BCUT2D eigenvalue weighted by molar-refractivity contribution is 6.31. The van der Waals surface area contributed by atoms with Crippen molar-refractivity contribution in [2.24, 2.45) is 5.92 Å². The Hall–Kier alpha value is -4.44. The van der Waals surface area contributed by atoms with E-state index in [0.29, 0.717) is 22.0 Å². The van der Waals surface area contributed by atoms with E-state index in [1.54, 1.807) is 54.7 Å². The third kappa shape index (κ3) is 6.86. The number of hydrogen-bond donors (Lipinski definition) is 4. The maximum Gasteiger partial charge on any atom is 0.319 e. The molecule has 0 bridgehead atoms. The standard InChI is InChI=1S/C27H26ClN5O5/c28-22-9-2-1-5-17(22)15-30-27(38)31-20-7-3-8-21(12-20)33-16-19(11-24(33)34)26(37)32-23(13-25(35)36)18-6-4-10-29-14-18/h1-10,12,14,19,23H,11,13,15-16H2,(H,32,37)(H,35,36)(H2,30,31,38). The highest BCUT2D eigenvalue weighted by Gasteiger charge is 2.36. The number of anilines is 2. The van der Waals surface area contributed by atoms with Gasteiger partial charge in [0.1, 0.15) is 0 Å². The zero-order valence-electron chi connectivity index (χ0n) is 20.3. The molecule has 4 amide bonds. The van der Waals surface area contributed by atoms with Gasteiger partial charge < -0.3 is 26.0 Å². The lowest BCUT2D eigenvalue weighted by molar-refractivity contribution is -0.138. The summed E-state index contributed by atoms with van der Waals surface area (Å²) in [6.45, 7) is 0.369. The average Bonchev–Trinajstić information content (AvgIpc) is 3.30. The second-order valence-electron chi connectivity index (χ2n) is 8.80. The number of rotatable bonds is 9. The summed E-state index contributed by atoms with van der Waals surface area (Å²) in [5, 5.41) is 18.1. The molecule has 0 aliphatic carbocycles. The third-order valence-electron chi connectivity index (χ3n) is 6.09. The van der Waals surface area contributed by atoms with E-state index in [2.05, 4.69) is 20.9 Å². The SMILES string of the molecule is O=C(O)CC(NC(=O)C1CC(=O)N(c2cccc(NC(=O)NCc3ccccc3Cl)c2)C1)c1cccnc1. The van der Waals surface area contributed by atoms with Crippen molar-refractivity contribution in [1.82, 2.24) is 15.6 Å². The number of amides is 4. The number of pyridine rings is 1. The quantitative estimate of drug-likeness (QED) is 0.329. The fourth-order valence-electron chi connectivity index (χ4n) is 4.18. The zero-order valence-corrected chi connectivity index (χ0v) is 21.0. The van der Waals surface area contributed by atoms with Gasteiger partial charge in [-0.1, -0.05) is 41.9 Å². The first-order valence-corrected chi connectivity index (χ1v) is 12.3. The Bertz CT molecular complexity index is 1340.